The predicted molar refractivity (Wildman–Crippen MR) is 75.4 cm³/mol. The van der Waals surface area contributed by atoms with Crippen molar-refractivity contribution >= 4 is 22.4 Å². The quantitative estimate of drug-likeness (QED) is 0.898. The molecule has 0 aliphatic rings. The van der Waals surface area contributed by atoms with Gasteiger partial charge in [0.1, 0.15) is 10.6 Å². The molecule has 0 radical (unpaired) electrons. The highest BCUT2D eigenvalue weighted by Crippen LogP contribution is 2.19. The van der Waals surface area contributed by atoms with Crippen molar-refractivity contribution in [1.82, 2.24) is 10.3 Å². The highest BCUT2D eigenvalue weighted by Gasteiger charge is 2.13. The van der Waals surface area contributed by atoms with E-state index in [9.17, 15) is 4.79 Å². The van der Waals surface area contributed by atoms with Gasteiger partial charge in [0.05, 0.1) is 19.3 Å². The molecule has 1 atom stereocenters. The van der Waals surface area contributed by atoms with Gasteiger partial charge in [-0.1, -0.05) is 23.5 Å². The minimum atomic E-state index is -0.169. The third kappa shape index (κ3) is 3.23. The first kappa shape index (κ1) is 13.4. The second kappa shape index (κ2) is 5.71. The Hall–Kier alpha value is -2.08. The van der Waals surface area contributed by atoms with E-state index in [4.69, 9.17) is 10.5 Å². The molecule has 1 amide bonds. The first-order valence-corrected chi connectivity index (χ1v) is 6.58. The van der Waals surface area contributed by atoms with Crippen molar-refractivity contribution in [3.05, 3.63) is 40.9 Å². The van der Waals surface area contributed by atoms with Gasteiger partial charge in [-0.15, -0.1) is 0 Å². The molecule has 1 aromatic heterocycles. The van der Waals surface area contributed by atoms with Crippen molar-refractivity contribution in [2.75, 3.05) is 12.8 Å². The van der Waals surface area contributed by atoms with Crippen molar-refractivity contribution < 1.29 is 9.53 Å². The molecule has 0 saturated carbocycles. The summed E-state index contributed by atoms with van der Waals surface area (Å²) in [6, 6.07) is 7.47. The highest BCUT2D eigenvalue weighted by molar-refractivity contribution is 7.17. The van der Waals surface area contributed by atoms with Crippen LogP contribution in [0.25, 0.3) is 0 Å². The van der Waals surface area contributed by atoms with E-state index in [2.05, 4.69) is 10.3 Å². The van der Waals surface area contributed by atoms with Crippen molar-refractivity contribution in [1.29, 1.82) is 0 Å². The van der Waals surface area contributed by atoms with Crippen LogP contribution in [-0.4, -0.2) is 18.0 Å². The maximum Gasteiger partial charge on any atom is 0.263 e. The Balaban J connectivity index is 2.03. The number of aromatic nitrogens is 1. The van der Waals surface area contributed by atoms with Crippen molar-refractivity contribution in [3.8, 4) is 5.75 Å². The fourth-order valence-corrected chi connectivity index (χ4v) is 2.22. The number of nitrogens with one attached hydrogen (secondary N) is 1. The van der Waals surface area contributed by atoms with Crippen molar-refractivity contribution in [2.24, 2.45) is 0 Å². The minimum absolute atomic E-state index is 0.0956. The van der Waals surface area contributed by atoms with Crippen molar-refractivity contribution in [2.45, 2.75) is 13.0 Å². The number of carbonyl (C=O) groups is 1. The first-order valence-electron chi connectivity index (χ1n) is 5.76. The Morgan fingerprint density at radius 1 is 1.42 bits per heavy atom. The summed E-state index contributed by atoms with van der Waals surface area (Å²) >= 11 is 1.17. The SMILES string of the molecule is COc1ccc(C(C)NC(=O)c2cnc(N)s2)cc1. The number of thiazole rings is 1. The van der Waals surface area contributed by atoms with Crippen LogP contribution in [-0.2, 0) is 0 Å². The third-order valence-electron chi connectivity index (χ3n) is 2.71. The summed E-state index contributed by atoms with van der Waals surface area (Å²) < 4.78 is 5.09. The monoisotopic (exact) mass is 277 g/mol. The van der Waals surface area contributed by atoms with Crippen LogP contribution in [0, 0.1) is 0 Å². The van der Waals surface area contributed by atoms with E-state index < -0.39 is 0 Å². The smallest absolute Gasteiger partial charge is 0.263 e. The molecule has 0 aliphatic carbocycles. The molecule has 0 spiro atoms. The highest BCUT2D eigenvalue weighted by atomic mass is 32.1. The topological polar surface area (TPSA) is 77.2 Å². The number of rotatable bonds is 4. The number of carbonyl (C=O) groups excluding carboxylic acids is 1. The molecule has 0 fully saturated rings. The van der Waals surface area contributed by atoms with Crippen LogP contribution in [0.2, 0.25) is 0 Å². The van der Waals surface area contributed by atoms with Gasteiger partial charge in [-0.05, 0) is 24.6 Å². The molecule has 1 heterocycles. The summed E-state index contributed by atoms with van der Waals surface area (Å²) in [7, 11) is 1.62. The molecular formula is C13H15N3O2S. The van der Waals surface area contributed by atoms with Crippen LogP contribution in [0.15, 0.2) is 30.5 Å². The van der Waals surface area contributed by atoms with E-state index in [-0.39, 0.29) is 11.9 Å². The summed E-state index contributed by atoms with van der Waals surface area (Å²) in [5.74, 6) is 0.620. The summed E-state index contributed by atoms with van der Waals surface area (Å²) in [4.78, 5) is 16.3. The average molecular weight is 277 g/mol. The Morgan fingerprint density at radius 2 is 2.11 bits per heavy atom. The van der Waals surface area contributed by atoms with Gasteiger partial charge in [0.25, 0.3) is 5.91 Å². The van der Waals surface area contributed by atoms with Crippen molar-refractivity contribution in [3.63, 3.8) is 0 Å². The Morgan fingerprint density at radius 3 is 2.63 bits per heavy atom. The maximum atomic E-state index is 11.9. The van der Waals surface area contributed by atoms with E-state index in [1.807, 2.05) is 31.2 Å². The van der Waals surface area contributed by atoms with Gasteiger partial charge in [-0.2, -0.15) is 0 Å². The lowest BCUT2D eigenvalue weighted by atomic mass is 10.1. The number of hydrogen-bond acceptors (Lipinski definition) is 5. The molecule has 1 unspecified atom stereocenters. The fourth-order valence-electron chi connectivity index (χ4n) is 1.64. The largest absolute Gasteiger partial charge is 0.497 e. The predicted octanol–water partition coefficient (Wildman–Crippen LogP) is 2.22. The van der Waals surface area contributed by atoms with E-state index in [0.717, 1.165) is 11.3 Å². The lowest BCUT2D eigenvalue weighted by Crippen LogP contribution is -2.25. The van der Waals surface area contributed by atoms with Gasteiger partial charge in [-0.3, -0.25) is 4.79 Å². The molecule has 0 aliphatic heterocycles. The zero-order chi connectivity index (χ0) is 13.8. The van der Waals surface area contributed by atoms with Gasteiger partial charge in [0, 0.05) is 0 Å². The van der Waals surface area contributed by atoms with Gasteiger partial charge in [0.15, 0.2) is 5.13 Å². The Kier molecular flexibility index (Phi) is 4.01. The lowest BCUT2D eigenvalue weighted by Gasteiger charge is -2.13. The molecule has 2 aromatic rings. The first-order chi connectivity index (χ1) is 9.10. The Labute approximate surface area is 115 Å². The molecule has 0 saturated heterocycles. The molecule has 5 nitrogen and oxygen atoms in total. The number of methoxy groups -OCH3 is 1. The van der Waals surface area contributed by atoms with Crippen LogP contribution in [0.1, 0.15) is 28.2 Å². The number of ether oxygens (including phenoxy) is 1. The van der Waals surface area contributed by atoms with E-state index in [1.54, 1.807) is 7.11 Å². The van der Waals surface area contributed by atoms with Crippen LogP contribution >= 0.6 is 11.3 Å². The second-order valence-electron chi connectivity index (χ2n) is 4.03. The number of anilines is 1. The number of nitrogen functional groups attached to an aromatic ring is 1. The van der Waals surface area contributed by atoms with E-state index in [0.29, 0.717) is 10.0 Å². The molecule has 19 heavy (non-hydrogen) atoms. The fraction of sp³-hybridized carbons (Fsp3) is 0.231. The molecule has 2 rings (SSSR count). The average Bonchev–Trinajstić information content (AvgIpc) is 2.85. The van der Waals surface area contributed by atoms with E-state index in [1.165, 1.54) is 17.5 Å². The van der Waals surface area contributed by atoms with Crippen LogP contribution < -0.4 is 15.8 Å². The number of nitrogens with two attached hydrogens (primary N) is 1. The van der Waals surface area contributed by atoms with Crippen LogP contribution in [0.4, 0.5) is 5.13 Å². The summed E-state index contributed by atoms with van der Waals surface area (Å²) in [6.07, 6.45) is 1.48. The zero-order valence-electron chi connectivity index (χ0n) is 10.7. The number of nitrogens with zero attached hydrogens (tertiary/aromatic N) is 1. The molecule has 0 bridgehead atoms. The van der Waals surface area contributed by atoms with Gasteiger partial charge >= 0.3 is 0 Å². The number of amides is 1. The number of hydrogen-bond donors (Lipinski definition) is 2. The Bertz CT molecular complexity index is 566. The summed E-state index contributed by atoms with van der Waals surface area (Å²) in [6.45, 7) is 1.92. The molecular weight excluding hydrogens is 262 g/mol. The van der Waals surface area contributed by atoms with Gasteiger partial charge in [0.2, 0.25) is 0 Å². The zero-order valence-corrected chi connectivity index (χ0v) is 11.5. The third-order valence-corrected chi connectivity index (χ3v) is 3.54. The molecule has 100 valence electrons. The molecule has 1 aromatic carbocycles. The van der Waals surface area contributed by atoms with Crippen LogP contribution in [0.3, 0.4) is 0 Å². The number of benzene rings is 1. The van der Waals surface area contributed by atoms with Gasteiger partial charge < -0.3 is 15.8 Å². The minimum Gasteiger partial charge on any atom is -0.497 e. The van der Waals surface area contributed by atoms with E-state index >= 15 is 0 Å². The summed E-state index contributed by atoms with van der Waals surface area (Å²) in [5.41, 5.74) is 6.51. The lowest BCUT2D eigenvalue weighted by molar-refractivity contribution is 0.0944. The standard InChI is InChI=1S/C13H15N3O2S/c1-8(9-3-5-10(18-2)6-4-9)16-12(17)11-7-15-13(14)19-11/h3-8H,1-2H3,(H2,14,15)(H,16,17). The maximum absolute atomic E-state index is 11.9. The van der Waals surface area contributed by atoms with Gasteiger partial charge in [-0.25, -0.2) is 4.98 Å². The second-order valence-corrected chi connectivity index (χ2v) is 5.09. The normalized spacial score (nSPS) is 11.9. The molecule has 3 N–H and O–H groups in total. The molecule has 6 heteroatoms. The summed E-state index contributed by atoms with van der Waals surface area (Å²) in [5, 5.41) is 3.29. The van der Waals surface area contributed by atoms with Crippen LogP contribution in [0.5, 0.6) is 5.75 Å².